The molecule has 0 spiro atoms. The molecule has 0 aliphatic rings. The summed E-state index contributed by atoms with van der Waals surface area (Å²) in [6, 6.07) is 47.5. The van der Waals surface area contributed by atoms with Crippen molar-refractivity contribution in [2.45, 2.75) is 6.92 Å². The second-order valence-electron chi connectivity index (χ2n) is 12.4. The number of aromatic nitrogens is 4. The van der Waals surface area contributed by atoms with Gasteiger partial charge in [-0.1, -0.05) is 60.7 Å². The van der Waals surface area contributed by atoms with Crippen LogP contribution in [0.2, 0.25) is 0 Å². The molecule has 7 heteroatoms. The van der Waals surface area contributed by atoms with E-state index in [0.29, 0.717) is 23.2 Å². The highest BCUT2D eigenvalue weighted by atomic mass is 16.4. The zero-order valence-corrected chi connectivity index (χ0v) is 27.6. The monoisotopic (exact) mass is 659 g/mol. The summed E-state index contributed by atoms with van der Waals surface area (Å²) >= 11 is 0. The number of oxazole rings is 2. The van der Waals surface area contributed by atoms with E-state index in [0.717, 1.165) is 66.8 Å². The lowest BCUT2D eigenvalue weighted by Crippen LogP contribution is -1.88. The maximum absolute atomic E-state index is 5.92. The van der Waals surface area contributed by atoms with Crippen molar-refractivity contribution in [2.24, 2.45) is 4.99 Å². The number of aliphatic imine (C=N–C) groups is 1. The summed E-state index contributed by atoms with van der Waals surface area (Å²) in [7, 11) is 0. The number of nitrogens with zero attached hydrogens (tertiary/aromatic N) is 5. The van der Waals surface area contributed by atoms with Crippen LogP contribution in [0.5, 0.6) is 0 Å². The third kappa shape index (κ3) is 6.20. The predicted octanol–water partition coefficient (Wildman–Crippen LogP) is 11.2. The minimum Gasteiger partial charge on any atom is -0.418 e. The summed E-state index contributed by atoms with van der Waals surface area (Å²) in [6.45, 7) is 2.07. The summed E-state index contributed by atoms with van der Waals surface area (Å²) in [6.07, 6.45) is 5.32. The molecule has 0 amide bonds. The van der Waals surface area contributed by atoms with Gasteiger partial charge in [0.05, 0.1) is 5.69 Å². The van der Waals surface area contributed by atoms with Gasteiger partial charge in [-0.05, 0) is 130 Å². The topological polar surface area (TPSA) is 90.2 Å². The first-order valence-electron chi connectivity index (χ1n) is 16.6. The van der Waals surface area contributed by atoms with Crippen LogP contribution in [0.3, 0.4) is 0 Å². The Labute approximate surface area is 293 Å². The molecule has 0 atom stereocenters. The van der Waals surface area contributed by atoms with Crippen LogP contribution in [-0.2, 0) is 0 Å². The minimum absolute atomic E-state index is 0.528. The van der Waals surface area contributed by atoms with Gasteiger partial charge in [0.2, 0.25) is 23.2 Å². The van der Waals surface area contributed by atoms with Crippen LogP contribution in [0.15, 0.2) is 166 Å². The van der Waals surface area contributed by atoms with Crippen molar-refractivity contribution >= 4 is 34.4 Å². The van der Waals surface area contributed by atoms with E-state index < -0.39 is 0 Å². The molecule has 4 heterocycles. The first-order chi connectivity index (χ1) is 25.1. The Balaban J connectivity index is 1.07. The van der Waals surface area contributed by atoms with Crippen molar-refractivity contribution in [1.82, 2.24) is 19.9 Å². The Morgan fingerprint density at radius 3 is 1.41 bits per heavy atom. The fourth-order valence-corrected chi connectivity index (χ4v) is 6.14. The van der Waals surface area contributed by atoms with E-state index in [2.05, 4.69) is 111 Å². The van der Waals surface area contributed by atoms with Crippen molar-refractivity contribution in [3.05, 3.63) is 163 Å². The van der Waals surface area contributed by atoms with Crippen LogP contribution >= 0.6 is 0 Å². The van der Waals surface area contributed by atoms with E-state index in [1.54, 1.807) is 12.4 Å². The molecule has 0 saturated heterocycles. The zero-order valence-electron chi connectivity index (χ0n) is 27.6. The second kappa shape index (κ2) is 12.8. The van der Waals surface area contributed by atoms with Crippen LogP contribution in [0, 0.1) is 6.92 Å². The maximum Gasteiger partial charge on any atom is 0.247 e. The number of aryl methyl sites for hydroxylation is 1. The SMILES string of the molecule is Cc1cccc(N=Cc2ccc(-c3cc(-c4ccc(-c5nc6cccnc6o5)cc4)cc(-c4ccc(-c5nc6cccnc6o5)cc4)c3)cc2)c1. The lowest BCUT2D eigenvalue weighted by Gasteiger charge is -2.12. The van der Waals surface area contributed by atoms with E-state index >= 15 is 0 Å². The van der Waals surface area contributed by atoms with Gasteiger partial charge < -0.3 is 8.83 Å². The van der Waals surface area contributed by atoms with Crippen LogP contribution in [0.25, 0.3) is 78.7 Å². The second-order valence-corrected chi connectivity index (χ2v) is 12.4. The molecule has 0 unspecified atom stereocenters. The summed E-state index contributed by atoms with van der Waals surface area (Å²) in [5, 5.41) is 0. The van der Waals surface area contributed by atoms with E-state index in [-0.39, 0.29) is 0 Å². The fourth-order valence-electron chi connectivity index (χ4n) is 6.14. The van der Waals surface area contributed by atoms with E-state index in [1.165, 1.54) is 5.56 Å². The molecule has 0 N–H and O–H groups in total. The molecule has 0 saturated carbocycles. The maximum atomic E-state index is 5.92. The van der Waals surface area contributed by atoms with Gasteiger partial charge in [0.15, 0.2) is 0 Å². The zero-order chi connectivity index (χ0) is 34.1. The van der Waals surface area contributed by atoms with Crippen molar-refractivity contribution in [3.63, 3.8) is 0 Å². The predicted molar refractivity (Wildman–Crippen MR) is 203 cm³/mol. The standard InChI is InChI=1S/C44H29N5O2/c1-28-5-2-6-38(23-28)47-27-29-9-11-30(12-10-29)35-24-36(31-13-17-33(18-14-31)41-48-39-7-3-21-45-43(39)50-41)26-37(25-35)32-15-19-34(20-16-32)42-49-40-8-4-22-46-44(40)51-42/h2-27H,1H3. The molecule has 4 aromatic heterocycles. The molecule has 7 nitrogen and oxygen atoms in total. The molecule has 0 radical (unpaired) electrons. The van der Waals surface area contributed by atoms with Crippen LogP contribution in [0.4, 0.5) is 5.69 Å². The van der Waals surface area contributed by atoms with Gasteiger partial charge >= 0.3 is 0 Å². The third-order valence-electron chi connectivity index (χ3n) is 8.80. The van der Waals surface area contributed by atoms with Crippen LogP contribution < -0.4 is 0 Å². The van der Waals surface area contributed by atoms with Gasteiger partial charge in [-0.2, -0.15) is 0 Å². The largest absolute Gasteiger partial charge is 0.418 e. The normalized spacial score (nSPS) is 11.5. The molecule has 9 rings (SSSR count). The van der Waals surface area contributed by atoms with Gasteiger partial charge in [-0.15, -0.1) is 0 Å². The summed E-state index contributed by atoms with van der Waals surface area (Å²) in [4.78, 5) is 22.5. The lowest BCUT2D eigenvalue weighted by atomic mass is 9.92. The van der Waals surface area contributed by atoms with E-state index in [4.69, 9.17) is 8.83 Å². The van der Waals surface area contributed by atoms with E-state index in [1.807, 2.05) is 66.9 Å². The Morgan fingerprint density at radius 1 is 0.471 bits per heavy atom. The highest BCUT2D eigenvalue weighted by Crippen LogP contribution is 2.35. The Kier molecular flexibility index (Phi) is 7.55. The molecule has 0 bridgehead atoms. The van der Waals surface area contributed by atoms with Crippen LogP contribution in [-0.4, -0.2) is 26.2 Å². The molecular formula is C44H29N5O2. The van der Waals surface area contributed by atoms with Gasteiger partial charge in [0.1, 0.15) is 11.0 Å². The van der Waals surface area contributed by atoms with Crippen LogP contribution in [0.1, 0.15) is 11.1 Å². The summed E-state index contributed by atoms with van der Waals surface area (Å²) in [5.41, 5.74) is 14.0. The molecule has 0 aliphatic carbocycles. The number of rotatable bonds is 7. The van der Waals surface area contributed by atoms with Crippen molar-refractivity contribution in [1.29, 1.82) is 0 Å². The average molecular weight is 660 g/mol. The van der Waals surface area contributed by atoms with E-state index in [9.17, 15) is 0 Å². The first kappa shape index (κ1) is 30.1. The lowest BCUT2D eigenvalue weighted by molar-refractivity contribution is 0.607. The Bertz CT molecular complexity index is 2490. The molecule has 9 aromatic rings. The molecule has 242 valence electrons. The number of hydrogen-bond acceptors (Lipinski definition) is 7. The summed E-state index contributed by atoms with van der Waals surface area (Å²) < 4.78 is 11.8. The number of fused-ring (bicyclic) bond motifs is 2. The highest BCUT2D eigenvalue weighted by Gasteiger charge is 2.13. The van der Waals surface area contributed by atoms with Gasteiger partial charge in [-0.3, -0.25) is 4.99 Å². The summed E-state index contributed by atoms with van der Waals surface area (Å²) in [5.74, 6) is 1.09. The molecule has 0 fully saturated rings. The third-order valence-corrected chi connectivity index (χ3v) is 8.80. The number of pyridine rings is 2. The molecule has 51 heavy (non-hydrogen) atoms. The smallest absolute Gasteiger partial charge is 0.247 e. The molecule has 5 aromatic carbocycles. The van der Waals surface area contributed by atoms with Crippen molar-refractivity contribution < 1.29 is 8.83 Å². The van der Waals surface area contributed by atoms with Gasteiger partial charge in [0, 0.05) is 29.7 Å². The fraction of sp³-hybridized carbons (Fsp3) is 0.0227. The quantitative estimate of drug-likeness (QED) is 0.158. The minimum atomic E-state index is 0.528. The van der Waals surface area contributed by atoms with Crippen molar-refractivity contribution in [3.8, 4) is 56.3 Å². The Morgan fingerprint density at radius 2 is 0.941 bits per heavy atom. The van der Waals surface area contributed by atoms with Gasteiger partial charge in [0.25, 0.3) is 0 Å². The number of hydrogen-bond donors (Lipinski definition) is 0. The number of benzene rings is 5. The molecule has 0 aliphatic heterocycles. The van der Waals surface area contributed by atoms with Crippen molar-refractivity contribution in [2.75, 3.05) is 0 Å². The average Bonchev–Trinajstić information content (AvgIpc) is 3.83. The molecular weight excluding hydrogens is 631 g/mol. The highest BCUT2D eigenvalue weighted by molar-refractivity contribution is 5.86. The first-order valence-corrected chi connectivity index (χ1v) is 16.6. The van der Waals surface area contributed by atoms with Gasteiger partial charge in [-0.25, -0.2) is 19.9 Å². The Hall–Kier alpha value is -6.99.